The van der Waals surface area contributed by atoms with Gasteiger partial charge in [0.1, 0.15) is 5.01 Å². The minimum absolute atomic E-state index is 0.0698. The SMILES string of the molecule is CC(C)(C)NC(=O)Nc1nnc(C2(C)CC2Cl)s1. The molecule has 2 unspecified atom stereocenters. The summed E-state index contributed by atoms with van der Waals surface area (Å²) in [6, 6.07) is -0.270. The number of nitrogens with one attached hydrogen (secondary N) is 2. The fraction of sp³-hybridized carbons (Fsp3) is 0.727. The molecule has 100 valence electrons. The number of nitrogens with zero attached hydrogens (tertiary/aromatic N) is 2. The molecular weight excluding hydrogens is 272 g/mol. The zero-order valence-corrected chi connectivity index (χ0v) is 12.4. The lowest BCUT2D eigenvalue weighted by Crippen LogP contribution is -2.43. The van der Waals surface area contributed by atoms with E-state index in [-0.39, 0.29) is 22.4 Å². The van der Waals surface area contributed by atoms with Crippen LogP contribution in [0.4, 0.5) is 9.93 Å². The summed E-state index contributed by atoms with van der Waals surface area (Å²) in [6.07, 6.45) is 0.914. The Hall–Kier alpha value is -0.880. The van der Waals surface area contributed by atoms with E-state index in [4.69, 9.17) is 11.6 Å². The predicted octanol–water partition coefficient (Wildman–Crippen LogP) is 2.73. The maximum atomic E-state index is 11.7. The molecule has 0 aliphatic heterocycles. The van der Waals surface area contributed by atoms with E-state index < -0.39 is 0 Å². The Morgan fingerprint density at radius 1 is 1.50 bits per heavy atom. The average Bonchev–Trinajstić information content (AvgIpc) is 2.62. The third kappa shape index (κ3) is 2.92. The summed E-state index contributed by atoms with van der Waals surface area (Å²) in [7, 11) is 0. The number of carbonyl (C=O) groups excluding carboxylic acids is 1. The molecule has 0 bridgehead atoms. The summed E-state index contributed by atoms with van der Waals surface area (Å²) in [5.74, 6) is 0. The van der Waals surface area contributed by atoms with Gasteiger partial charge in [0.05, 0.1) is 0 Å². The maximum Gasteiger partial charge on any atom is 0.321 e. The first-order valence-corrected chi connectivity index (χ1v) is 7.03. The number of alkyl halides is 1. The molecule has 2 amide bonds. The smallest absolute Gasteiger partial charge is 0.321 e. The monoisotopic (exact) mass is 288 g/mol. The molecule has 7 heteroatoms. The second-order valence-electron chi connectivity index (χ2n) is 5.83. The van der Waals surface area contributed by atoms with E-state index in [1.165, 1.54) is 11.3 Å². The minimum atomic E-state index is -0.276. The lowest BCUT2D eigenvalue weighted by molar-refractivity contribution is 0.244. The van der Waals surface area contributed by atoms with Gasteiger partial charge in [-0.1, -0.05) is 18.3 Å². The number of anilines is 1. The van der Waals surface area contributed by atoms with Gasteiger partial charge in [0, 0.05) is 16.3 Å². The van der Waals surface area contributed by atoms with Gasteiger partial charge in [-0.2, -0.15) is 0 Å². The molecule has 5 nitrogen and oxygen atoms in total. The standard InChI is InChI=1S/C11H17ClN4OS/c1-10(2,3)14-8(17)13-9-16-15-7(18-9)11(4)5-6(11)12/h6H,5H2,1-4H3,(H2,13,14,16,17). The van der Waals surface area contributed by atoms with Crippen molar-refractivity contribution in [3.8, 4) is 0 Å². The average molecular weight is 289 g/mol. The second-order valence-corrected chi connectivity index (χ2v) is 7.33. The first-order valence-electron chi connectivity index (χ1n) is 5.78. The van der Waals surface area contributed by atoms with E-state index in [1.807, 2.05) is 20.8 Å². The molecule has 1 aromatic rings. The number of amides is 2. The van der Waals surface area contributed by atoms with Crippen molar-refractivity contribution >= 4 is 34.1 Å². The van der Waals surface area contributed by atoms with Crippen molar-refractivity contribution in [3.05, 3.63) is 5.01 Å². The van der Waals surface area contributed by atoms with Crippen LogP contribution in [0.2, 0.25) is 0 Å². The van der Waals surface area contributed by atoms with Crippen molar-refractivity contribution in [1.82, 2.24) is 15.5 Å². The highest BCUT2D eigenvalue weighted by Crippen LogP contribution is 2.52. The molecule has 0 saturated heterocycles. The molecule has 0 aromatic carbocycles. The molecule has 2 rings (SSSR count). The highest BCUT2D eigenvalue weighted by Gasteiger charge is 2.53. The normalized spacial score (nSPS) is 26.8. The van der Waals surface area contributed by atoms with Crippen LogP contribution >= 0.6 is 22.9 Å². The lowest BCUT2D eigenvalue weighted by atomic mass is 10.1. The number of urea groups is 1. The first kappa shape index (κ1) is 13.5. The van der Waals surface area contributed by atoms with Gasteiger partial charge in [-0.3, -0.25) is 5.32 Å². The molecule has 0 radical (unpaired) electrons. The van der Waals surface area contributed by atoms with Gasteiger partial charge in [0.15, 0.2) is 0 Å². The zero-order valence-electron chi connectivity index (χ0n) is 10.9. The largest absolute Gasteiger partial charge is 0.333 e. The lowest BCUT2D eigenvalue weighted by Gasteiger charge is -2.19. The Bertz CT molecular complexity index is 470. The van der Waals surface area contributed by atoms with E-state index >= 15 is 0 Å². The van der Waals surface area contributed by atoms with Gasteiger partial charge in [-0.15, -0.1) is 21.8 Å². The first-order chi connectivity index (χ1) is 8.21. The van der Waals surface area contributed by atoms with Crippen molar-refractivity contribution < 1.29 is 4.79 Å². The fourth-order valence-corrected chi connectivity index (χ4v) is 2.95. The summed E-state index contributed by atoms with van der Waals surface area (Å²) in [6.45, 7) is 7.81. The quantitative estimate of drug-likeness (QED) is 0.822. The van der Waals surface area contributed by atoms with Crippen LogP contribution in [0.1, 0.15) is 39.1 Å². The minimum Gasteiger partial charge on any atom is -0.333 e. The van der Waals surface area contributed by atoms with Gasteiger partial charge in [-0.05, 0) is 27.2 Å². The number of rotatable bonds is 2. The summed E-state index contributed by atoms with van der Waals surface area (Å²) in [4.78, 5) is 11.7. The molecule has 0 spiro atoms. The van der Waals surface area contributed by atoms with Crippen LogP contribution < -0.4 is 10.6 Å². The van der Waals surface area contributed by atoms with Crippen molar-refractivity contribution in [2.45, 2.75) is 50.4 Å². The van der Waals surface area contributed by atoms with Gasteiger partial charge >= 0.3 is 6.03 Å². The molecule has 2 N–H and O–H groups in total. The highest BCUT2D eigenvalue weighted by molar-refractivity contribution is 7.15. The molecule has 1 heterocycles. The van der Waals surface area contributed by atoms with E-state index in [9.17, 15) is 4.79 Å². The number of aromatic nitrogens is 2. The van der Waals surface area contributed by atoms with Crippen LogP contribution in [-0.2, 0) is 5.41 Å². The van der Waals surface area contributed by atoms with Gasteiger partial charge in [0.2, 0.25) is 5.13 Å². The Kier molecular flexibility index (Phi) is 3.27. The topological polar surface area (TPSA) is 66.9 Å². The third-order valence-corrected chi connectivity index (χ3v) is 4.51. The molecular formula is C11H17ClN4OS. The molecule has 1 fully saturated rings. The van der Waals surface area contributed by atoms with Crippen molar-refractivity contribution in [2.24, 2.45) is 0 Å². The maximum absolute atomic E-state index is 11.7. The van der Waals surface area contributed by atoms with Crippen LogP contribution in [-0.4, -0.2) is 27.1 Å². The Morgan fingerprint density at radius 2 is 2.11 bits per heavy atom. The molecule has 1 saturated carbocycles. The molecule has 2 atom stereocenters. The summed E-state index contributed by atoms with van der Waals surface area (Å²) < 4.78 is 0. The Balaban J connectivity index is 1.97. The van der Waals surface area contributed by atoms with Crippen molar-refractivity contribution in [2.75, 3.05) is 5.32 Å². The number of hydrogen-bond acceptors (Lipinski definition) is 4. The Labute approximate surface area is 115 Å². The molecule has 1 aromatic heterocycles. The van der Waals surface area contributed by atoms with E-state index in [0.717, 1.165) is 11.4 Å². The van der Waals surface area contributed by atoms with Gasteiger partial charge in [-0.25, -0.2) is 4.79 Å². The number of carbonyl (C=O) groups is 1. The summed E-state index contributed by atoms with van der Waals surface area (Å²) >= 11 is 7.45. The summed E-state index contributed by atoms with van der Waals surface area (Å²) in [5, 5.41) is 15.1. The number of halogens is 1. The second kappa shape index (κ2) is 4.35. The van der Waals surface area contributed by atoms with Gasteiger partial charge in [0.25, 0.3) is 0 Å². The van der Waals surface area contributed by atoms with Crippen molar-refractivity contribution in [3.63, 3.8) is 0 Å². The molecule has 18 heavy (non-hydrogen) atoms. The fourth-order valence-electron chi connectivity index (χ4n) is 1.51. The van der Waals surface area contributed by atoms with Crippen LogP contribution in [0.5, 0.6) is 0 Å². The van der Waals surface area contributed by atoms with Crippen LogP contribution in [0.25, 0.3) is 0 Å². The number of hydrogen-bond donors (Lipinski definition) is 2. The third-order valence-electron chi connectivity index (χ3n) is 2.76. The van der Waals surface area contributed by atoms with Crippen LogP contribution in [0.3, 0.4) is 0 Å². The van der Waals surface area contributed by atoms with Crippen LogP contribution in [0, 0.1) is 0 Å². The Morgan fingerprint density at radius 3 is 2.61 bits per heavy atom. The predicted molar refractivity (Wildman–Crippen MR) is 73.4 cm³/mol. The zero-order chi connectivity index (χ0) is 13.6. The van der Waals surface area contributed by atoms with E-state index in [0.29, 0.717) is 5.13 Å². The molecule has 1 aliphatic carbocycles. The van der Waals surface area contributed by atoms with E-state index in [2.05, 4.69) is 27.8 Å². The van der Waals surface area contributed by atoms with Gasteiger partial charge < -0.3 is 5.32 Å². The molecule has 1 aliphatic rings. The van der Waals surface area contributed by atoms with E-state index in [1.54, 1.807) is 0 Å². The summed E-state index contributed by atoms with van der Waals surface area (Å²) in [5.41, 5.74) is -0.346. The van der Waals surface area contributed by atoms with Crippen molar-refractivity contribution in [1.29, 1.82) is 0 Å². The highest BCUT2D eigenvalue weighted by atomic mass is 35.5. The van der Waals surface area contributed by atoms with Crippen LogP contribution in [0.15, 0.2) is 0 Å².